The number of aryl methyl sites for hydroxylation is 2. The summed E-state index contributed by atoms with van der Waals surface area (Å²) in [4.78, 5) is 13.1. The van der Waals surface area contributed by atoms with E-state index in [1.165, 1.54) is 0 Å². The summed E-state index contributed by atoms with van der Waals surface area (Å²) in [6.07, 6.45) is 1.56. The Bertz CT molecular complexity index is 752. The summed E-state index contributed by atoms with van der Waals surface area (Å²) < 4.78 is 5.44. The third kappa shape index (κ3) is 2.06. The largest absolute Gasteiger partial charge is 0.494 e. The first-order valence-electron chi connectivity index (χ1n) is 5.91. The van der Waals surface area contributed by atoms with Gasteiger partial charge in [0.1, 0.15) is 22.6 Å². The van der Waals surface area contributed by atoms with Crippen LogP contribution in [0.5, 0.6) is 5.75 Å². The van der Waals surface area contributed by atoms with Crippen molar-refractivity contribution in [1.82, 2.24) is 15.0 Å². The van der Waals surface area contributed by atoms with Gasteiger partial charge in [-0.1, -0.05) is 0 Å². The zero-order chi connectivity index (χ0) is 13.4. The lowest BCUT2D eigenvalue weighted by atomic mass is 10.1. The number of hydrogen-bond acceptors (Lipinski definition) is 5. The fourth-order valence-corrected chi connectivity index (χ4v) is 2.81. The molecule has 2 heterocycles. The quantitative estimate of drug-likeness (QED) is 0.717. The molecule has 0 bridgehead atoms. The lowest BCUT2D eigenvalue weighted by molar-refractivity contribution is 0.419. The number of hydrogen-bond donors (Lipinski definition) is 0. The van der Waals surface area contributed by atoms with Crippen LogP contribution in [0.3, 0.4) is 0 Å². The molecule has 4 nitrogen and oxygen atoms in total. The topological polar surface area (TPSA) is 47.9 Å². The molecule has 3 aromatic rings. The third-order valence-corrected chi connectivity index (χ3v) is 4.00. The van der Waals surface area contributed by atoms with Gasteiger partial charge in [-0.3, -0.25) is 0 Å². The highest BCUT2D eigenvalue weighted by atomic mass is 32.1. The molecule has 5 heteroatoms. The van der Waals surface area contributed by atoms with Crippen LogP contribution in [0.15, 0.2) is 23.8 Å². The van der Waals surface area contributed by atoms with Crippen molar-refractivity contribution in [3.05, 3.63) is 35.2 Å². The monoisotopic (exact) mass is 271 g/mol. The summed E-state index contributed by atoms with van der Waals surface area (Å²) in [6, 6.07) is 4.05. The standard InChI is InChI=1S/C14H13N3OS/c1-8-6-19-14(17-8)10-4-11-9(2)15-7-16-13(11)12(5-10)18-3/h4-7H,1-3H3. The Morgan fingerprint density at radius 1 is 1.16 bits per heavy atom. The highest BCUT2D eigenvalue weighted by Gasteiger charge is 2.11. The number of rotatable bonds is 2. The molecule has 0 atom stereocenters. The molecule has 96 valence electrons. The molecule has 0 saturated carbocycles. The van der Waals surface area contributed by atoms with Gasteiger partial charge in [0.15, 0.2) is 0 Å². The molecular weight excluding hydrogens is 258 g/mol. The van der Waals surface area contributed by atoms with Crippen molar-refractivity contribution >= 4 is 22.2 Å². The van der Waals surface area contributed by atoms with Crippen LogP contribution in [0.4, 0.5) is 0 Å². The number of methoxy groups -OCH3 is 1. The van der Waals surface area contributed by atoms with Crippen molar-refractivity contribution in [2.75, 3.05) is 7.11 Å². The molecule has 0 aliphatic heterocycles. The van der Waals surface area contributed by atoms with Crippen molar-refractivity contribution in [2.24, 2.45) is 0 Å². The molecule has 0 N–H and O–H groups in total. The molecule has 1 aromatic carbocycles. The molecule has 0 aliphatic carbocycles. The SMILES string of the molecule is COc1cc(-c2nc(C)cs2)cc2c(C)ncnc12. The van der Waals surface area contributed by atoms with Crippen molar-refractivity contribution in [3.63, 3.8) is 0 Å². The molecule has 0 amide bonds. The summed E-state index contributed by atoms with van der Waals surface area (Å²) in [7, 11) is 1.66. The predicted molar refractivity (Wildman–Crippen MR) is 76.7 cm³/mol. The summed E-state index contributed by atoms with van der Waals surface area (Å²) in [5.41, 5.74) is 3.85. The maximum Gasteiger partial charge on any atom is 0.145 e. The van der Waals surface area contributed by atoms with Gasteiger partial charge in [0, 0.05) is 27.7 Å². The summed E-state index contributed by atoms with van der Waals surface area (Å²) in [5, 5.41) is 4.03. The average molecular weight is 271 g/mol. The Labute approximate surface area is 115 Å². The third-order valence-electron chi connectivity index (χ3n) is 2.99. The Morgan fingerprint density at radius 2 is 2.00 bits per heavy atom. The van der Waals surface area contributed by atoms with Crippen LogP contribution in [0.1, 0.15) is 11.4 Å². The number of thiazole rings is 1. The van der Waals surface area contributed by atoms with E-state index in [2.05, 4.69) is 21.0 Å². The molecule has 0 unspecified atom stereocenters. The van der Waals surface area contributed by atoms with E-state index in [0.717, 1.165) is 38.6 Å². The van der Waals surface area contributed by atoms with Crippen LogP contribution in [0, 0.1) is 13.8 Å². The first kappa shape index (κ1) is 12.0. The molecule has 3 rings (SSSR count). The minimum Gasteiger partial charge on any atom is -0.494 e. The second-order valence-electron chi connectivity index (χ2n) is 4.33. The van der Waals surface area contributed by atoms with Gasteiger partial charge < -0.3 is 4.74 Å². The second-order valence-corrected chi connectivity index (χ2v) is 5.19. The van der Waals surface area contributed by atoms with Crippen molar-refractivity contribution < 1.29 is 4.74 Å². The van der Waals surface area contributed by atoms with Gasteiger partial charge in [0.25, 0.3) is 0 Å². The Hall–Kier alpha value is -2.01. The van der Waals surface area contributed by atoms with Crippen molar-refractivity contribution in [3.8, 4) is 16.3 Å². The normalized spacial score (nSPS) is 10.9. The van der Waals surface area contributed by atoms with Gasteiger partial charge >= 0.3 is 0 Å². The zero-order valence-electron chi connectivity index (χ0n) is 11.0. The van der Waals surface area contributed by atoms with E-state index in [0.29, 0.717) is 0 Å². The number of ether oxygens (including phenoxy) is 1. The van der Waals surface area contributed by atoms with Gasteiger partial charge in [-0.15, -0.1) is 11.3 Å². The van der Waals surface area contributed by atoms with Crippen molar-refractivity contribution in [2.45, 2.75) is 13.8 Å². The first-order chi connectivity index (χ1) is 9.19. The van der Waals surface area contributed by atoms with E-state index in [1.807, 2.05) is 25.3 Å². The minimum absolute atomic E-state index is 0.755. The fourth-order valence-electron chi connectivity index (χ4n) is 2.03. The van der Waals surface area contributed by atoms with Crippen LogP contribution in [-0.4, -0.2) is 22.1 Å². The zero-order valence-corrected chi connectivity index (χ0v) is 11.8. The molecule has 0 spiro atoms. The van der Waals surface area contributed by atoms with E-state index >= 15 is 0 Å². The average Bonchev–Trinajstić information content (AvgIpc) is 2.85. The molecule has 2 aromatic heterocycles. The van der Waals surface area contributed by atoms with Crippen LogP contribution in [-0.2, 0) is 0 Å². The van der Waals surface area contributed by atoms with E-state index in [4.69, 9.17) is 4.74 Å². The van der Waals surface area contributed by atoms with Crippen LogP contribution >= 0.6 is 11.3 Å². The number of aromatic nitrogens is 3. The Morgan fingerprint density at radius 3 is 2.68 bits per heavy atom. The maximum atomic E-state index is 5.44. The predicted octanol–water partition coefficient (Wildman–Crippen LogP) is 3.38. The van der Waals surface area contributed by atoms with Gasteiger partial charge in [-0.2, -0.15) is 0 Å². The van der Waals surface area contributed by atoms with E-state index in [9.17, 15) is 0 Å². The highest BCUT2D eigenvalue weighted by Crippen LogP contribution is 2.33. The summed E-state index contributed by atoms with van der Waals surface area (Å²) >= 11 is 1.63. The van der Waals surface area contributed by atoms with E-state index in [-0.39, 0.29) is 0 Å². The Kier molecular flexibility index (Phi) is 2.91. The van der Waals surface area contributed by atoms with Gasteiger partial charge in [-0.25, -0.2) is 15.0 Å². The molecule has 0 saturated heterocycles. The van der Waals surface area contributed by atoms with Gasteiger partial charge in [0.05, 0.1) is 7.11 Å². The molecule has 19 heavy (non-hydrogen) atoms. The smallest absolute Gasteiger partial charge is 0.145 e. The maximum absolute atomic E-state index is 5.44. The summed E-state index contributed by atoms with van der Waals surface area (Å²) in [6.45, 7) is 3.97. The van der Waals surface area contributed by atoms with Gasteiger partial charge in [-0.05, 0) is 26.0 Å². The van der Waals surface area contributed by atoms with Gasteiger partial charge in [0.2, 0.25) is 0 Å². The molecule has 0 fully saturated rings. The lowest BCUT2D eigenvalue weighted by Gasteiger charge is -2.08. The van der Waals surface area contributed by atoms with Crippen LogP contribution in [0.2, 0.25) is 0 Å². The van der Waals surface area contributed by atoms with E-state index in [1.54, 1.807) is 24.8 Å². The van der Waals surface area contributed by atoms with E-state index < -0.39 is 0 Å². The number of nitrogens with zero attached hydrogens (tertiary/aromatic N) is 3. The first-order valence-corrected chi connectivity index (χ1v) is 6.79. The molecular formula is C14H13N3OS. The number of benzene rings is 1. The fraction of sp³-hybridized carbons (Fsp3) is 0.214. The second kappa shape index (κ2) is 4.59. The van der Waals surface area contributed by atoms with Crippen LogP contribution < -0.4 is 4.74 Å². The molecule has 0 radical (unpaired) electrons. The molecule has 0 aliphatic rings. The minimum atomic E-state index is 0.755. The van der Waals surface area contributed by atoms with Crippen molar-refractivity contribution in [1.29, 1.82) is 0 Å². The highest BCUT2D eigenvalue weighted by molar-refractivity contribution is 7.13. The van der Waals surface area contributed by atoms with Crippen LogP contribution in [0.25, 0.3) is 21.5 Å². The lowest BCUT2D eigenvalue weighted by Crippen LogP contribution is -1.93. The Balaban J connectivity index is 2.30. The summed E-state index contributed by atoms with van der Waals surface area (Å²) in [5.74, 6) is 0.755. The number of fused-ring (bicyclic) bond motifs is 1.